The van der Waals surface area contributed by atoms with Gasteiger partial charge in [0.05, 0.1) is 25.4 Å². The Kier molecular flexibility index (Phi) is 34.8. The highest BCUT2D eigenvalue weighted by atomic mass is 16.7. The zero-order chi connectivity index (χ0) is 42.6. The van der Waals surface area contributed by atoms with Gasteiger partial charge >= 0.3 is 0 Å². The van der Waals surface area contributed by atoms with Crippen LogP contribution in [0, 0.1) is 0 Å². The van der Waals surface area contributed by atoms with Crippen LogP contribution >= 0.6 is 0 Å². The zero-order valence-electron chi connectivity index (χ0n) is 36.5. The molecule has 1 aliphatic rings. The summed E-state index contributed by atoms with van der Waals surface area (Å²) in [5.74, 6) is -0.718. The molecule has 58 heavy (non-hydrogen) atoms. The van der Waals surface area contributed by atoms with E-state index in [0.717, 1.165) is 57.8 Å². The number of unbranched alkanes of at least 4 members (excludes halogenated alkanes) is 20. The Morgan fingerprint density at radius 3 is 1.59 bits per heavy atom. The van der Waals surface area contributed by atoms with E-state index in [2.05, 4.69) is 55.6 Å². The van der Waals surface area contributed by atoms with Crippen molar-refractivity contribution < 1.29 is 50.0 Å². The molecule has 0 saturated carbocycles. The van der Waals surface area contributed by atoms with Gasteiger partial charge in [-0.15, -0.1) is 0 Å². The summed E-state index contributed by atoms with van der Waals surface area (Å²) in [6.45, 7) is 3.35. The molecule has 8 N–H and O–H groups in total. The van der Waals surface area contributed by atoms with Crippen LogP contribution < -0.4 is 5.32 Å². The van der Waals surface area contributed by atoms with Crippen molar-refractivity contribution in [3.63, 3.8) is 0 Å². The number of hydrogen-bond donors (Lipinski definition) is 8. The summed E-state index contributed by atoms with van der Waals surface area (Å²) in [5.41, 5.74) is 0. The summed E-state index contributed by atoms with van der Waals surface area (Å²) >= 11 is 0. The quantitative estimate of drug-likeness (QED) is 0.0227. The monoisotopic (exact) mass is 826 g/mol. The first kappa shape index (κ1) is 54.3. The van der Waals surface area contributed by atoms with E-state index in [0.29, 0.717) is 19.3 Å². The molecular weight excluding hydrogens is 739 g/mol. The van der Waals surface area contributed by atoms with Crippen LogP contribution in [-0.4, -0.2) is 110 Å². The molecule has 0 spiro atoms. The first-order valence-electron chi connectivity index (χ1n) is 23.4. The molecule has 9 unspecified atom stereocenters. The van der Waals surface area contributed by atoms with Gasteiger partial charge in [-0.25, -0.2) is 0 Å². The van der Waals surface area contributed by atoms with Gasteiger partial charge < -0.3 is 50.5 Å². The topological polar surface area (TPSA) is 189 Å². The van der Waals surface area contributed by atoms with E-state index >= 15 is 0 Å². The average Bonchev–Trinajstić information content (AvgIpc) is 3.22. The molecule has 1 heterocycles. The van der Waals surface area contributed by atoms with Gasteiger partial charge in [0, 0.05) is 0 Å². The summed E-state index contributed by atoms with van der Waals surface area (Å²) in [5, 5.41) is 75.5. The largest absolute Gasteiger partial charge is 0.394 e. The third kappa shape index (κ3) is 26.5. The minimum Gasteiger partial charge on any atom is -0.394 e. The van der Waals surface area contributed by atoms with E-state index in [1.54, 1.807) is 0 Å². The summed E-state index contributed by atoms with van der Waals surface area (Å²) in [4.78, 5) is 13.1. The number of carbonyl (C=O) groups is 1. The van der Waals surface area contributed by atoms with Gasteiger partial charge in [-0.2, -0.15) is 0 Å². The predicted molar refractivity (Wildman–Crippen MR) is 233 cm³/mol. The molecule has 11 heteroatoms. The first-order chi connectivity index (χ1) is 28.2. The third-order valence-corrected chi connectivity index (χ3v) is 11.1. The highest BCUT2D eigenvalue weighted by Gasteiger charge is 2.44. The number of carbonyl (C=O) groups excluding carboxylic acids is 1. The van der Waals surface area contributed by atoms with Crippen molar-refractivity contribution in [2.75, 3.05) is 13.2 Å². The molecule has 9 atom stereocenters. The molecule has 1 aliphatic heterocycles. The fourth-order valence-electron chi connectivity index (χ4n) is 7.20. The minimum absolute atomic E-state index is 0.243. The van der Waals surface area contributed by atoms with Gasteiger partial charge in [0.15, 0.2) is 6.29 Å². The molecule has 0 aromatic carbocycles. The normalized spacial score (nSPS) is 22.3. The maximum atomic E-state index is 13.1. The van der Waals surface area contributed by atoms with Crippen LogP contribution in [0.15, 0.2) is 36.5 Å². The number of rotatable bonds is 38. The first-order valence-corrected chi connectivity index (χ1v) is 23.4. The van der Waals surface area contributed by atoms with Crippen molar-refractivity contribution in [2.24, 2.45) is 0 Å². The second-order valence-electron chi connectivity index (χ2n) is 16.5. The smallest absolute Gasteiger partial charge is 0.249 e. The minimum atomic E-state index is -1.67. The van der Waals surface area contributed by atoms with Gasteiger partial charge in [0.25, 0.3) is 0 Å². The predicted octanol–water partition coefficient (Wildman–Crippen LogP) is 7.61. The number of aliphatic hydroxyl groups excluding tert-OH is 7. The summed E-state index contributed by atoms with van der Waals surface area (Å²) in [7, 11) is 0. The van der Waals surface area contributed by atoms with Crippen LogP contribution in [-0.2, 0) is 14.3 Å². The Morgan fingerprint density at radius 2 is 1.05 bits per heavy atom. The lowest BCUT2D eigenvalue weighted by atomic mass is 9.98. The maximum absolute atomic E-state index is 13.1. The summed E-state index contributed by atoms with van der Waals surface area (Å²) in [6.07, 6.45) is 30.6. The molecule has 0 aromatic rings. The molecule has 0 aliphatic carbocycles. The second-order valence-corrected chi connectivity index (χ2v) is 16.5. The number of nitrogens with one attached hydrogen (secondary N) is 1. The fourth-order valence-corrected chi connectivity index (χ4v) is 7.20. The molecule has 11 nitrogen and oxygen atoms in total. The third-order valence-electron chi connectivity index (χ3n) is 11.1. The molecule has 1 amide bonds. The van der Waals surface area contributed by atoms with Crippen molar-refractivity contribution in [1.29, 1.82) is 0 Å². The molecular formula is C47H87NO10. The lowest BCUT2D eigenvalue weighted by Gasteiger charge is -2.40. The Morgan fingerprint density at radius 1 is 0.586 bits per heavy atom. The molecule has 0 bridgehead atoms. The lowest BCUT2D eigenvalue weighted by molar-refractivity contribution is -0.303. The summed E-state index contributed by atoms with van der Waals surface area (Å²) < 4.78 is 11.0. The van der Waals surface area contributed by atoms with Crippen LogP contribution in [0.2, 0.25) is 0 Å². The van der Waals surface area contributed by atoms with E-state index in [4.69, 9.17) is 9.47 Å². The van der Waals surface area contributed by atoms with Crippen molar-refractivity contribution in [3.8, 4) is 0 Å². The molecule has 340 valence electrons. The Labute approximate surface area is 352 Å². The van der Waals surface area contributed by atoms with Crippen LogP contribution in [0.4, 0.5) is 0 Å². The number of allylic oxidation sites excluding steroid dienone is 6. The van der Waals surface area contributed by atoms with E-state index in [1.165, 1.54) is 83.5 Å². The van der Waals surface area contributed by atoms with Crippen molar-refractivity contribution in [3.05, 3.63) is 36.5 Å². The lowest BCUT2D eigenvalue weighted by Crippen LogP contribution is -2.60. The zero-order valence-corrected chi connectivity index (χ0v) is 36.5. The summed E-state index contributed by atoms with van der Waals surface area (Å²) in [6, 6.07) is -1.19. The SMILES string of the molecule is CCCC/C=C/CC/C=C/CCCC(O)C(O)C(COC1OC(CO)C(O)C(O)C1O)NC(=O)C(O)CCCCCCCC/C=C\CCCCCCCCCCCC. The van der Waals surface area contributed by atoms with Crippen molar-refractivity contribution >= 4 is 5.91 Å². The maximum Gasteiger partial charge on any atom is 0.249 e. The number of hydrogen-bond acceptors (Lipinski definition) is 10. The molecule has 0 radical (unpaired) electrons. The highest BCUT2D eigenvalue weighted by molar-refractivity contribution is 5.80. The fraction of sp³-hybridized carbons (Fsp3) is 0.851. The Balaban J connectivity index is 2.43. The number of ether oxygens (including phenoxy) is 2. The highest BCUT2D eigenvalue weighted by Crippen LogP contribution is 2.23. The van der Waals surface area contributed by atoms with Gasteiger partial charge in [-0.3, -0.25) is 4.79 Å². The number of amides is 1. The van der Waals surface area contributed by atoms with Gasteiger partial charge in [0.1, 0.15) is 36.6 Å². The van der Waals surface area contributed by atoms with E-state index in [9.17, 15) is 40.5 Å². The van der Waals surface area contributed by atoms with E-state index < -0.39 is 74.2 Å². The molecule has 0 aromatic heterocycles. The Bertz CT molecular complexity index is 1040. The molecule has 1 saturated heterocycles. The molecule has 1 fully saturated rings. The van der Waals surface area contributed by atoms with Gasteiger partial charge in [0.2, 0.25) is 5.91 Å². The second kappa shape index (κ2) is 37.1. The van der Waals surface area contributed by atoms with Crippen LogP contribution in [0.25, 0.3) is 0 Å². The van der Waals surface area contributed by atoms with Crippen LogP contribution in [0.3, 0.4) is 0 Å². The molecule has 1 rings (SSSR count). The van der Waals surface area contributed by atoms with Crippen LogP contribution in [0.1, 0.15) is 187 Å². The average molecular weight is 826 g/mol. The van der Waals surface area contributed by atoms with E-state index in [-0.39, 0.29) is 12.8 Å². The van der Waals surface area contributed by atoms with E-state index in [1.807, 2.05) is 0 Å². The standard InChI is InChI=1S/C47H87NO10/c1-3-5-7-9-11-13-15-16-17-18-19-20-21-22-23-25-27-29-31-33-35-40(51)46(56)48-38(37-57-47-45(55)44(54)43(53)41(36-49)58-47)42(52)39(50)34-32-30-28-26-24-14-12-10-8-6-4-2/h10,12,20-21,26,28,38-45,47,49-55H,3-9,11,13-19,22-25,27,29-37H2,1-2H3,(H,48,56)/b12-10+,21-20-,28-26+. The number of aliphatic hydroxyl groups is 7. The van der Waals surface area contributed by atoms with Crippen molar-refractivity contribution in [1.82, 2.24) is 5.32 Å². The van der Waals surface area contributed by atoms with Gasteiger partial charge in [-0.1, -0.05) is 153 Å². The van der Waals surface area contributed by atoms with Gasteiger partial charge in [-0.05, 0) is 70.6 Å². The van der Waals surface area contributed by atoms with Crippen molar-refractivity contribution in [2.45, 2.75) is 242 Å². The Hall–Kier alpha value is -1.67. The van der Waals surface area contributed by atoms with Crippen LogP contribution in [0.5, 0.6) is 0 Å².